The number of nitrogens with zero attached hydrogens (tertiary/aromatic N) is 1. The molecule has 1 heterocycles. The Morgan fingerprint density at radius 1 is 1.67 bits per heavy atom. The van der Waals surface area contributed by atoms with E-state index in [9.17, 15) is 0 Å². The van der Waals surface area contributed by atoms with E-state index in [0.29, 0.717) is 0 Å². The predicted octanol–water partition coefficient (Wildman–Crippen LogP) is 2.26. The SMILES string of the molecule is COC(C)c1ncc(O)cc1Br. The van der Waals surface area contributed by atoms with Gasteiger partial charge in [0.05, 0.1) is 18.0 Å². The first-order valence-corrected chi connectivity index (χ1v) is 4.31. The summed E-state index contributed by atoms with van der Waals surface area (Å²) in [6, 6.07) is 1.60. The molecule has 0 aromatic carbocycles. The van der Waals surface area contributed by atoms with Gasteiger partial charge in [0.15, 0.2) is 0 Å². The topological polar surface area (TPSA) is 42.4 Å². The van der Waals surface area contributed by atoms with Crippen molar-refractivity contribution in [2.45, 2.75) is 13.0 Å². The molecule has 66 valence electrons. The maximum atomic E-state index is 9.06. The predicted molar refractivity (Wildman–Crippen MR) is 49.0 cm³/mol. The number of hydrogen-bond donors (Lipinski definition) is 1. The maximum absolute atomic E-state index is 9.06. The average molecular weight is 232 g/mol. The summed E-state index contributed by atoms with van der Waals surface area (Å²) in [5, 5.41) is 9.06. The highest BCUT2D eigenvalue weighted by atomic mass is 79.9. The van der Waals surface area contributed by atoms with Crippen LogP contribution in [0, 0.1) is 0 Å². The number of pyridine rings is 1. The summed E-state index contributed by atoms with van der Waals surface area (Å²) in [6.45, 7) is 1.89. The molecule has 4 heteroatoms. The molecule has 0 radical (unpaired) electrons. The molecule has 1 atom stereocenters. The Morgan fingerprint density at radius 2 is 2.33 bits per heavy atom. The molecule has 0 aliphatic rings. The second kappa shape index (κ2) is 3.87. The number of aromatic hydroxyl groups is 1. The van der Waals surface area contributed by atoms with Crippen LogP contribution in [0.2, 0.25) is 0 Å². The van der Waals surface area contributed by atoms with Gasteiger partial charge in [0, 0.05) is 11.6 Å². The van der Waals surface area contributed by atoms with Crippen molar-refractivity contribution in [3.8, 4) is 5.75 Å². The Hall–Kier alpha value is -0.610. The van der Waals surface area contributed by atoms with E-state index in [1.807, 2.05) is 6.92 Å². The number of halogens is 1. The molecule has 1 unspecified atom stereocenters. The third kappa shape index (κ3) is 1.95. The van der Waals surface area contributed by atoms with Crippen LogP contribution in [0.3, 0.4) is 0 Å². The lowest BCUT2D eigenvalue weighted by molar-refractivity contribution is 0.115. The highest BCUT2D eigenvalue weighted by Gasteiger charge is 2.09. The zero-order chi connectivity index (χ0) is 9.14. The first-order chi connectivity index (χ1) is 5.65. The number of hydrogen-bond acceptors (Lipinski definition) is 3. The van der Waals surface area contributed by atoms with Gasteiger partial charge in [0.1, 0.15) is 5.75 Å². The molecule has 0 aliphatic carbocycles. The smallest absolute Gasteiger partial charge is 0.135 e. The van der Waals surface area contributed by atoms with Crippen LogP contribution in [-0.2, 0) is 4.74 Å². The molecule has 0 saturated carbocycles. The summed E-state index contributed by atoms with van der Waals surface area (Å²) >= 11 is 3.29. The lowest BCUT2D eigenvalue weighted by atomic mass is 10.2. The third-order valence-corrected chi connectivity index (χ3v) is 2.23. The summed E-state index contributed by atoms with van der Waals surface area (Å²) in [5.41, 5.74) is 0.787. The van der Waals surface area contributed by atoms with Crippen molar-refractivity contribution in [1.82, 2.24) is 4.98 Å². The number of aromatic nitrogens is 1. The van der Waals surface area contributed by atoms with Crippen molar-refractivity contribution in [3.63, 3.8) is 0 Å². The van der Waals surface area contributed by atoms with Crippen molar-refractivity contribution in [2.24, 2.45) is 0 Å². The van der Waals surface area contributed by atoms with Gasteiger partial charge in [-0.1, -0.05) is 0 Å². The van der Waals surface area contributed by atoms with Crippen molar-refractivity contribution < 1.29 is 9.84 Å². The first-order valence-electron chi connectivity index (χ1n) is 3.52. The van der Waals surface area contributed by atoms with Crippen LogP contribution in [0.1, 0.15) is 18.7 Å². The molecule has 1 aromatic rings. The van der Waals surface area contributed by atoms with Gasteiger partial charge in [-0.25, -0.2) is 0 Å². The van der Waals surface area contributed by atoms with Gasteiger partial charge < -0.3 is 9.84 Å². The minimum atomic E-state index is -0.0695. The van der Waals surface area contributed by atoms with E-state index in [0.717, 1.165) is 10.2 Å². The molecule has 0 fully saturated rings. The van der Waals surface area contributed by atoms with Gasteiger partial charge in [0.25, 0.3) is 0 Å². The maximum Gasteiger partial charge on any atom is 0.135 e. The second-order valence-corrected chi connectivity index (χ2v) is 3.29. The van der Waals surface area contributed by atoms with Crippen LogP contribution in [0.15, 0.2) is 16.7 Å². The Morgan fingerprint density at radius 3 is 2.83 bits per heavy atom. The van der Waals surface area contributed by atoms with Gasteiger partial charge in [-0.15, -0.1) is 0 Å². The van der Waals surface area contributed by atoms with Crippen LogP contribution in [0.25, 0.3) is 0 Å². The van der Waals surface area contributed by atoms with Crippen molar-refractivity contribution in [2.75, 3.05) is 7.11 Å². The Balaban J connectivity index is 3.01. The van der Waals surface area contributed by atoms with Crippen LogP contribution >= 0.6 is 15.9 Å². The number of methoxy groups -OCH3 is 1. The fraction of sp³-hybridized carbons (Fsp3) is 0.375. The zero-order valence-electron chi connectivity index (χ0n) is 6.91. The standard InChI is InChI=1S/C8H10BrNO2/c1-5(12-2)8-7(9)3-6(11)4-10-8/h3-5,11H,1-2H3. The molecule has 0 saturated heterocycles. The van der Waals surface area contributed by atoms with Gasteiger partial charge in [-0.3, -0.25) is 4.98 Å². The van der Waals surface area contributed by atoms with Crippen molar-refractivity contribution >= 4 is 15.9 Å². The fourth-order valence-corrected chi connectivity index (χ4v) is 1.51. The Bertz CT molecular complexity index is 278. The third-order valence-electron chi connectivity index (χ3n) is 1.59. The van der Waals surface area contributed by atoms with E-state index in [4.69, 9.17) is 9.84 Å². The lowest BCUT2D eigenvalue weighted by Crippen LogP contribution is -1.99. The van der Waals surface area contributed by atoms with Crippen LogP contribution in [-0.4, -0.2) is 17.2 Å². The molecule has 1 N–H and O–H groups in total. The molecule has 0 amide bonds. The molecule has 3 nitrogen and oxygen atoms in total. The highest BCUT2D eigenvalue weighted by molar-refractivity contribution is 9.10. The molecule has 1 aromatic heterocycles. The van der Waals surface area contributed by atoms with Crippen molar-refractivity contribution in [3.05, 3.63) is 22.4 Å². The normalized spacial score (nSPS) is 12.9. The summed E-state index contributed by atoms with van der Waals surface area (Å²) in [6.07, 6.45) is 1.33. The summed E-state index contributed by atoms with van der Waals surface area (Å²) < 4.78 is 5.84. The number of rotatable bonds is 2. The van der Waals surface area contributed by atoms with Gasteiger partial charge in [-0.05, 0) is 28.9 Å². The van der Waals surface area contributed by atoms with E-state index in [1.165, 1.54) is 6.20 Å². The minimum Gasteiger partial charge on any atom is -0.506 e. The van der Waals surface area contributed by atoms with E-state index < -0.39 is 0 Å². The van der Waals surface area contributed by atoms with E-state index in [1.54, 1.807) is 13.2 Å². The summed E-state index contributed by atoms with van der Waals surface area (Å²) in [4.78, 5) is 4.03. The van der Waals surface area contributed by atoms with Crippen LogP contribution in [0.4, 0.5) is 0 Å². The zero-order valence-corrected chi connectivity index (χ0v) is 8.50. The minimum absolute atomic E-state index is 0.0695. The van der Waals surface area contributed by atoms with Gasteiger partial charge in [0.2, 0.25) is 0 Å². The van der Waals surface area contributed by atoms with Gasteiger partial charge in [-0.2, -0.15) is 0 Å². The summed E-state index contributed by atoms with van der Waals surface area (Å²) in [5.74, 6) is 0.147. The fourth-order valence-electron chi connectivity index (χ4n) is 0.849. The van der Waals surface area contributed by atoms with Crippen molar-refractivity contribution in [1.29, 1.82) is 0 Å². The number of ether oxygens (including phenoxy) is 1. The largest absolute Gasteiger partial charge is 0.506 e. The van der Waals surface area contributed by atoms with E-state index >= 15 is 0 Å². The molecular formula is C8H10BrNO2. The molecule has 12 heavy (non-hydrogen) atoms. The van der Waals surface area contributed by atoms with Crippen LogP contribution in [0.5, 0.6) is 5.75 Å². The van der Waals surface area contributed by atoms with Gasteiger partial charge >= 0.3 is 0 Å². The second-order valence-electron chi connectivity index (χ2n) is 2.44. The van der Waals surface area contributed by atoms with E-state index in [-0.39, 0.29) is 11.9 Å². The monoisotopic (exact) mass is 231 g/mol. The lowest BCUT2D eigenvalue weighted by Gasteiger charge is -2.10. The summed E-state index contributed by atoms with van der Waals surface area (Å²) in [7, 11) is 1.62. The Labute approximate surface area is 79.5 Å². The Kier molecular flexibility index (Phi) is 3.05. The first kappa shape index (κ1) is 9.48. The molecule has 0 spiro atoms. The molecular weight excluding hydrogens is 222 g/mol. The highest BCUT2D eigenvalue weighted by Crippen LogP contribution is 2.25. The molecule has 1 rings (SSSR count). The molecule has 0 bridgehead atoms. The molecule has 0 aliphatic heterocycles. The van der Waals surface area contributed by atoms with Crippen LogP contribution < -0.4 is 0 Å². The van der Waals surface area contributed by atoms with E-state index in [2.05, 4.69) is 20.9 Å². The quantitative estimate of drug-likeness (QED) is 0.850. The average Bonchev–Trinajstić information content (AvgIpc) is 2.03.